The molecule has 1 amide bonds. The van der Waals surface area contributed by atoms with Crippen LogP contribution >= 0.6 is 23.1 Å². The summed E-state index contributed by atoms with van der Waals surface area (Å²) in [6.45, 7) is 1.06. The lowest BCUT2D eigenvalue weighted by atomic mass is 9.80. The van der Waals surface area contributed by atoms with Crippen LogP contribution in [0, 0.1) is 11.8 Å². The van der Waals surface area contributed by atoms with Crippen molar-refractivity contribution in [2.75, 3.05) is 17.7 Å². The summed E-state index contributed by atoms with van der Waals surface area (Å²) in [4.78, 5) is 25.5. The number of halogens is 2. The van der Waals surface area contributed by atoms with Crippen LogP contribution in [0.5, 0.6) is 5.75 Å². The number of thiazole rings is 1. The van der Waals surface area contributed by atoms with Gasteiger partial charge in [-0.15, -0.1) is 11.3 Å². The van der Waals surface area contributed by atoms with Gasteiger partial charge in [-0.25, -0.2) is 15.0 Å². The fourth-order valence-electron chi connectivity index (χ4n) is 3.41. The third-order valence-electron chi connectivity index (χ3n) is 5.35. The maximum absolute atomic E-state index is 12.5. The molecule has 0 fully saturated rings. The zero-order valence-corrected chi connectivity index (χ0v) is 19.3. The fraction of sp³-hybridized carbons (Fsp3) is 0.500. The van der Waals surface area contributed by atoms with Crippen molar-refractivity contribution in [1.29, 1.82) is 0 Å². The molecular weight excluding hydrogens is 460 g/mol. The number of aliphatic hydroxyl groups excluding tert-OH is 1. The third kappa shape index (κ3) is 5.54. The zero-order valence-electron chi connectivity index (χ0n) is 17.6. The molecule has 0 saturated heterocycles. The van der Waals surface area contributed by atoms with Crippen LogP contribution in [0.3, 0.4) is 0 Å². The minimum atomic E-state index is -2.97. The molecule has 0 unspecified atom stereocenters. The van der Waals surface area contributed by atoms with Crippen LogP contribution in [0.25, 0.3) is 0 Å². The molecule has 2 aromatic heterocycles. The number of aliphatic hydroxyl groups is 1. The van der Waals surface area contributed by atoms with Crippen LogP contribution in [-0.4, -0.2) is 45.1 Å². The lowest BCUT2D eigenvalue weighted by Gasteiger charge is -2.38. The first-order valence-corrected chi connectivity index (χ1v) is 11.9. The Hall–Kier alpha value is -2.31. The van der Waals surface area contributed by atoms with Gasteiger partial charge in [0.15, 0.2) is 5.17 Å². The second kappa shape index (κ2) is 10.5. The highest BCUT2D eigenvalue weighted by Crippen LogP contribution is 2.44. The summed E-state index contributed by atoms with van der Waals surface area (Å²) in [6, 6.07) is 2.51. The van der Waals surface area contributed by atoms with Crippen molar-refractivity contribution in [1.82, 2.24) is 9.97 Å². The lowest BCUT2D eigenvalue weighted by molar-refractivity contribution is -0.0500. The molecule has 0 aromatic carbocycles. The number of carbonyl (C=O) groups is 1. The summed E-state index contributed by atoms with van der Waals surface area (Å²) in [5, 5.41) is 15.6. The largest absolute Gasteiger partial charge is 0.433 e. The molecule has 3 rings (SSSR count). The van der Waals surface area contributed by atoms with Crippen LogP contribution in [0.1, 0.15) is 42.2 Å². The molecule has 174 valence electrons. The lowest BCUT2D eigenvalue weighted by Crippen LogP contribution is -2.44. The number of amidine groups is 1. The fourth-order valence-corrected chi connectivity index (χ4v) is 5.39. The number of nitrogens with two attached hydrogens (primary N) is 1. The van der Waals surface area contributed by atoms with Gasteiger partial charge in [0.1, 0.15) is 27.8 Å². The first-order valence-electron chi connectivity index (χ1n) is 10.0. The van der Waals surface area contributed by atoms with Crippen molar-refractivity contribution in [3.05, 3.63) is 34.4 Å². The van der Waals surface area contributed by atoms with E-state index in [1.165, 1.54) is 35.2 Å². The Bertz CT molecular complexity index is 957. The predicted molar refractivity (Wildman–Crippen MR) is 121 cm³/mol. The van der Waals surface area contributed by atoms with Crippen molar-refractivity contribution in [3.8, 4) is 5.75 Å². The topological polar surface area (TPSA) is 123 Å². The second-order valence-electron chi connectivity index (χ2n) is 7.54. The molecule has 0 bridgehead atoms. The van der Waals surface area contributed by atoms with Gasteiger partial charge in [-0.3, -0.25) is 4.79 Å². The quantitative estimate of drug-likeness (QED) is 0.495. The Kier molecular flexibility index (Phi) is 8.01. The van der Waals surface area contributed by atoms with Crippen molar-refractivity contribution >= 4 is 40.0 Å². The van der Waals surface area contributed by atoms with Crippen LogP contribution in [-0.2, 0) is 5.54 Å². The number of nitrogens with one attached hydrogen (secondary N) is 1. The van der Waals surface area contributed by atoms with E-state index in [9.17, 15) is 18.7 Å². The zero-order chi connectivity index (χ0) is 23.3. The number of rotatable bonds is 9. The number of aromatic nitrogens is 2. The Morgan fingerprint density at radius 3 is 2.88 bits per heavy atom. The average molecular weight is 486 g/mol. The van der Waals surface area contributed by atoms with Crippen LogP contribution in [0.2, 0.25) is 0 Å². The number of amides is 1. The Labute approximate surface area is 192 Å². The molecule has 1 aliphatic rings. The first kappa shape index (κ1) is 24.3. The first-order chi connectivity index (χ1) is 15.3. The second-order valence-corrected chi connectivity index (χ2v) is 9.44. The van der Waals surface area contributed by atoms with Gasteiger partial charge < -0.3 is 20.9 Å². The monoisotopic (exact) mass is 485 g/mol. The van der Waals surface area contributed by atoms with Crippen LogP contribution < -0.4 is 15.8 Å². The summed E-state index contributed by atoms with van der Waals surface area (Å²) in [7, 11) is 0. The third-order valence-corrected chi connectivity index (χ3v) is 7.32. The average Bonchev–Trinajstić information content (AvgIpc) is 3.23. The van der Waals surface area contributed by atoms with Crippen molar-refractivity contribution in [3.63, 3.8) is 0 Å². The number of ether oxygens (including phenoxy) is 1. The van der Waals surface area contributed by atoms with E-state index in [4.69, 9.17) is 5.73 Å². The van der Waals surface area contributed by atoms with E-state index in [1.54, 1.807) is 5.38 Å². The van der Waals surface area contributed by atoms with Crippen LogP contribution in [0.4, 0.5) is 14.6 Å². The normalized spacial score (nSPS) is 21.8. The van der Waals surface area contributed by atoms with Gasteiger partial charge in [0.2, 0.25) is 0 Å². The standard InChI is InChI=1S/C20H25F2N5O3S2/c1-3-11(2)6-12-8-32-19(23)27-20(12,10-28)17-26-15(9-31-17)25-16(29)14-5-4-13(7-24-14)30-18(21)22/h4-5,7,9,11-12,18,28H,3,6,8,10H2,1-2H3,(H2,23,27)(H,25,29)/t11-,12+,20+/m1/s1. The van der Waals surface area contributed by atoms with E-state index < -0.39 is 18.1 Å². The maximum atomic E-state index is 12.5. The van der Waals surface area contributed by atoms with Crippen molar-refractivity contribution in [2.24, 2.45) is 22.6 Å². The molecule has 32 heavy (non-hydrogen) atoms. The highest BCUT2D eigenvalue weighted by atomic mass is 32.2. The number of hydrogen-bond acceptors (Lipinski definition) is 9. The molecule has 0 radical (unpaired) electrons. The van der Waals surface area contributed by atoms with Gasteiger partial charge in [-0.05, 0) is 24.5 Å². The smallest absolute Gasteiger partial charge is 0.387 e. The number of alkyl halides is 2. The molecule has 0 spiro atoms. The molecule has 3 atom stereocenters. The molecule has 3 heterocycles. The maximum Gasteiger partial charge on any atom is 0.387 e. The predicted octanol–water partition coefficient (Wildman–Crippen LogP) is 3.69. The number of aliphatic imine (C=N–C) groups is 1. The highest BCUT2D eigenvalue weighted by molar-refractivity contribution is 8.13. The summed E-state index contributed by atoms with van der Waals surface area (Å²) >= 11 is 2.75. The molecule has 0 aliphatic carbocycles. The molecule has 1 aliphatic heterocycles. The highest BCUT2D eigenvalue weighted by Gasteiger charge is 2.45. The van der Waals surface area contributed by atoms with Gasteiger partial charge in [0.25, 0.3) is 5.91 Å². The number of thioether (sulfide) groups is 1. The molecular formula is C20H25F2N5O3S2. The summed E-state index contributed by atoms with van der Waals surface area (Å²) in [5.41, 5.74) is 5.06. The molecule has 0 saturated carbocycles. The number of pyridine rings is 1. The number of hydrogen-bond donors (Lipinski definition) is 3. The summed E-state index contributed by atoms with van der Waals surface area (Å²) in [5.74, 6) is 0.796. The van der Waals surface area contributed by atoms with E-state index >= 15 is 0 Å². The Morgan fingerprint density at radius 1 is 1.47 bits per heavy atom. The molecule has 8 nitrogen and oxygen atoms in total. The minimum absolute atomic E-state index is 0.0176. The molecule has 4 N–H and O–H groups in total. The van der Waals surface area contributed by atoms with Crippen molar-refractivity contribution in [2.45, 2.75) is 38.8 Å². The van der Waals surface area contributed by atoms with Gasteiger partial charge in [0, 0.05) is 17.1 Å². The Balaban J connectivity index is 1.79. The number of carbonyl (C=O) groups excluding carboxylic acids is 1. The summed E-state index contributed by atoms with van der Waals surface area (Å²) < 4.78 is 28.7. The molecule has 12 heteroatoms. The SMILES string of the molecule is CC[C@@H](C)C[C@H]1CSC(N)=N[C@]1(CO)c1nc(NC(=O)c2ccc(OC(F)F)cn2)cs1. The Morgan fingerprint density at radius 2 is 2.25 bits per heavy atom. The van der Waals surface area contributed by atoms with Gasteiger partial charge >= 0.3 is 6.61 Å². The van der Waals surface area contributed by atoms with E-state index in [-0.39, 0.29) is 29.8 Å². The van der Waals surface area contributed by atoms with Crippen LogP contribution in [0.15, 0.2) is 28.7 Å². The van der Waals surface area contributed by atoms with E-state index in [0.29, 0.717) is 16.1 Å². The number of anilines is 1. The van der Waals surface area contributed by atoms with E-state index in [1.807, 2.05) is 0 Å². The number of nitrogens with zero attached hydrogens (tertiary/aromatic N) is 3. The minimum Gasteiger partial charge on any atom is -0.433 e. The van der Waals surface area contributed by atoms with Gasteiger partial charge in [-0.2, -0.15) is 8.78 Å². The van der Waals surface area contributed by atoms with E-state index in [2.05, 4.69) is 38.9 Å². The summed E-state index contributed by atoms with van der Waals surface area (Å²) in [6.07, 6.45) is 2.92. The molecule has 2 aromatic rings. The van der Waals surface area contributed by atoms with E-state index in [0.717, 1.165) is 24.8 Å². The van der Waals surface area contributed by atoms with Gasteiger partial charge in [0.05, 0.1) is 12.8 Å². The van der Waals surface area contributed by atoms with Gasteiger partial charge in [-0.1, -0.05) is 32.0 Å². The van der Waals surface area contributed by atoms with Crippen molar-refractivity contribution < 1.29 is 23.4 Å².